The first-order valence-corrected chi connectivity index (χ1v) is 5.90. The van der Waals surface area contributed by atoms with E-state index in [9.17, 15) is 9.59 Å². The molecule has 1 saturated heterocycles. The smallest absolute Gasteiger partial charge is 0.332 e. The Morgan fingerprint density at radius 2 is 2.06 bits per heavy atom. The molecular formula is C10H15Cl2N3O2. The largest absolute Gasteiger partial charge is 0.336 e. The first-order chi connectivity index (χ1) is 7.73. The third-order valence-corrected chi connectivity index (χ3v) is 2.44. The molecular weight excluding hydrogens is 265 g/mol. The zero-order chi connectivity index (χ0) is 13.2. The lowest BCUT2D eigenvalue weighted by Crippen LogP contribution is -2.50. The van der Waals surface area contributed by atoms with E-state index in [1.807, 2.05) is 20.8 Å². The monoisotopic (exact) mass is 279 g/mol. The normalized spacial score (nSPS) is 15.6. The van der Waals surface area contributed by atoms with Gasteiger partial charge in [0.1, 0.15) is 4.49 Å². The van der Waals surface area contributed by atoms with E-state index in [1.54, 1.807) is 0 Å². The summed E-state index contributed by atoms with van der Waals surface area (Å²) in [7, 11) is 0. The average molecular weight is 280 g/mol. The Morgan fingerprint density at radius 3 is 2.41 bits per heavy atom. The van der Waals surface area contributed by atoms with E-state index in [0.29, 0.717) is 13.1 Å². The van der Waals surface area contributed by atoms with Crippen molar-refractivity contribution in [1.29, 1.82) is 0 Å². The molecule has 4 amide bonds. The molecule has 1 fully saturated rings. The third kappa shape index (κ3) is 3.51. The third-order valence-electron chi connectivity index (χ3n) is 2.24. The van der Waals surface area contributed by atoms with Gasteiger partial charge >= 0.3 is 12.1 Å². The molecule has 0 unspecified atom stereocenters. The Balaban J connectivity index is 2.95. The second-order valence-corrected chi connectivity index (χ2v) is 5.63. The number of rotatable bonds is 1. The van der Waals surface area contributed by atoms with Crippen LogP contribution in [0.2, 0.25) is 0 Å². The summed E-state index contributed by atoms with van der Waals surface area (Å²) in [5.74, 6) is 0. The van der Waals surface area contributed by atoms with E-state index < -0.39 is 17.6 Å². The van der Waals surface area contributed by atoms with Gasteiger partial charge in [0.25, 0.3) is 0 Å². The molecule has 0 atom stereocenters. The summed E-state index contributed by atoms with van der Waals surface area (Å²) >= 11 is 11.2. The second-order valence-electron chi connectivity index (χ2n) is 4.63. The number of halogens is 2. The quantitative estimate of drug-likeness (QED) is 0.802. The van der Waals surface area contributed by atoms with Crippen LogP contribution in [0.3, 0.4) is 0 Å². The minimum Gasteiger partial charge on any atom is -0.336 e. The van der Waals surface area contributed by atoms with E-state index in [2.05, 4.69) is 5.32 Å². The molecule has 1 aliphatic heterocycles. The SMILES string of the molecule is CC(C)(C)N(C=C(Cl)Cl)C(=O)N1CCNC1=O. The second kappa shape index (κ2) is 5.14. The van der Waals surface area contributed by atoms with Crippen molar-refractivity contribution in [3.05, 3.63) is 10.7 Å². The molecule has 7 heteroatoms. The highest BCUT2D eigenvalue weighted by molar-refractivity contribution is 6.55. The van der Waals surface area contributed by atoms with E-state index >= 15 is 0 Å². The van der Waals surface area contributed by atoms with Gasteiger partial charge in [0, 0.05) is 24.8 Å². The van der Waals surface area contributed by atoms with Crippen LogP contribution in [0.25, 0.3) is 0 Å². The number of amides is 4. The number of urea groups is 2. The number of nitrogens with zero attached hydrogens (tertiary/aromatic N) is 2. The van der Waals surface area contributed by atoms with Crippen molar-refractivity contribution in [2.24, 2.45) is 0 Å². The summed E-state index contributed by atoms with van der Waals surface area (Å²) in [4.78, 5) is 26.0. The standard InChI is InChI=1S/C10H15Cl2N3O2/c1-10(2,3)15(6-7(11)12)9(17)14-5-4-13-8(14)16/h6H,4-5H2,1-3H3,(H,13,16). The molecule has 1 heterocycles. The van der Waals surface area contributed by atoms with Gasteiger partial charge in [-0.25, -0.2) is 14.5 Å². The summed E-state index contributed by atoms with van der Waals surface area (Å²) in [6, 6.07) is -0.838. The molecule has 0 bridgehead atoms. The van der Waals surface area contributed by atoms with Crippen molar-refractivity contribution >= 4 is 35.3 Å². The van der Waals surface area contributed by atoms with Gasteiger partial charge in [-0.3, -0.25) is 4.90 Å². The van der Waals surface area contributed by atoms with Crippen LogP contribution in [0.1, 0.15) is 20.8 Å². The maximum absolute atomic E-state index is 12.2. The zero-order valence-corrected chi connectivity index (χ0v) is 11.5. The van der Waals surface area contributed by atoms with Crippen molar-refractivity contribution in [3.63, 3.8) is 0 Å². The maximum Gasteiger partial charge on any atom is 0.332 e. The average Bonchev–Trinajstić information content (AvgIpc) is 2.58. The van der Waals surface area contributed by atoms with Gasteiger partial charge < -0.3 is 5.32 Å². The highest BCUT2D eigenvalue weighted by atomic mass is 35.5. The highest BCUT2D eigenvalue weighted by Crippen LogP contribution is 2.21. The first-order valence-electron chi connectivity index (χ1n) is 5.15. The number of carbonyl (C=O) groups is 2. The molecule has 5 nitrogen and oxygen atoms in total. The highest BCUT2D eigenvalue weighted by Gasteiger charge is 2.34. The van der Waals surface area contributed by atoms with Gasteiger partial charge in [-0.05, 0) is 20.8 Å². The number of nitrogens with one attached hydrogen (secondary N) is 1. The fourth-order valence-corrected chi connectivity index (χ4v) is 1.61. The van der Waals surface area contributed by atoms with Crippen LogP contribution in [0, 0.1) is 0 Å². The van der Waals surface area contributed by atoms with E-state index in [1.165, 1.54) is 11.1 Å². The number of hydrogen-bond donors (Lipinski definition) is 1. The van der Waals surface area contributed by atoms with Crippen LogP contribution in [0.4, 0.5) is 9.59 Å². The van der Waals surface area contributed by atoms with Crippen LogP contribution in [-0.4, -0.2) is 40.5 Å². The van der Waals surface area contributed by atoms with Gasteiger partial charge in [-0.1, -0.05) is 23.2 Å². The Morgan fingerprint density at radius 1 is 1.47 bits per heavy atom. The fraction of sp³-hybridized carbons (Fsp3) is 0.600. The Hall–Kier alpha value is -0.940. The zero-order valence-electron chi connectivity index (χ0n) is 9.96. The minimum absolute atomic E-state index is 0.0344. The van der Waals surface area contributed by atoms with E-state index in [-0.39, 0.29) is 4.49 Å². The Bertz CT molecular complexity index is 359. The van der Waals surface area contributed by atoms with Gasteiger partial charge in [0.05, 0.1) is 0 Å². The molecule has 96 valence electrons. The lowest BCUT2D eigenvalue weighted by molar-refractivity contribution is 0.149. The molecule has 0 saturated carbocycles. The summed E-state index contributed by atoms with van der Waals surface area (Å²) < 4.78 is -0.0344. The van der Waals surface area contributed by atoms with Gasteiger partial charge in [0.2, 0.25) is 0 Å². The molecule has 0 aliphatic carbocycles. The van der Waals surface area contributed by atoms with Gasteiger partial charge in [0.15, 0.2) is 0 Å². The molecule has 17 heavy (non-hydrogen) atoms. The van der Waals surface area contributed by atoms with Crippen molar-refractivity contribution in [2.75, 3.05) is 13.1 Å². The van der Waals surface area contributed by atoms with Crippen LogP contribution in [0.15, 0.2) is 10.7 Å². The lowest BCUT2D eigenvalue weighted by Gasteiger charge is -2.34. The molecule has 0 aromatic heterocycles. The van der Waals surface area contributed by atoms with Crippen molar-refractivity contribution in [2.45, 2.75) is 26.3 Å². The van der Waals surface area contributed by atoms with Gasteiger partial charge in [-0.2, -0.15) is 0 Å². The van der Waals surface area contributed by atoms with Crippen LogP contribution in [-0.2, 0) is 0 Å². The Kier molecular flexibility index (Phi) is 4.27. The summed E-state index contributed by atoms with van der Waals surface area (Å²) in [6.45, 7) is 6.28. The Labute approximate surface area is 110 Å². The number of carbonyl (C=O) groups excluding carboxylic acids is 2. The minimum atomic E-state index is -0.519. The fourth-order valence-electron chi connectivity index (χ4n) is 1.42. The van der Waals surface area contributed by atoms with Gasteiger partial charge in [-0.15, -0.1) is 0 Å². The van der Waals surface area contributed by atoms with E-state index in [4.69, 9.17) is 23.2 Å². The number of imide groups is 1. The first kappa shape index (κ1) is 14.1. The number of hydrogen-bond acceptors (Lipinski definition) is 2. The molecule has 1 rings (SSSR count). The van der Waals surface area contributed by atoms with Crippen molar-refractivity contribution in [1.82, 2.24) is 15.1 Å². The lowest BCUT2D eigenvalue weighted by atomic mass is 10.1. The summed E-state index contributed by atoms with van der Waals surface area (Å²) in [6.07, 6.45) is 1.32. The summed E-state index contributed by atoms with van der Waals surface area (Å²) in [5, 5.41) is 2.56. The summed E-state index contributed by atoms with van der Waals surface area (Å²) in [5.41, 5.74) is -0.519. The van der Waals surface area contributed by atoms with Crippen LogP contribution >= 0.6 is 23.2 Å². The molecule has 0 aromatic carbocycles. The predicted octanol–water partition coefficient (Wildman–Crippen LogP) is 2.51. The van der Waals surface area contributed by atoms with Crippen LogP contribution < -0.4 is 5.32 Å². The molecule has 0 spiro atoms. The predicted molar refractivity (Wildman–Crippen MR) is 66.9 cm³/mol. The molecule has 0 aromatic rings. The molecule has 0 radical (unpaired) electrons. The molecule has 1 aliphatic rings. The molecule has 1 N–H and O–H groups in total. The van der Waals surface area contributed by atoms with E-state index in [0.717, 1.165) is 4.90 Å². The van der Waals surface area contributed by atoms with Crippen molar-refractivity contribution < 1.29 is 9.59 Å². The topological polar surface area (TPSA) is 52.7 Å². The maximum atomic E-state index is 12.2. The van der Waals surface area contributed by atoms with Crippen molar-refractivity contribution in [3.8, 4) is 0 Å². The van der Waals surface area contributed by atoms with Crippen LogP contribution in [0.5, 0.6) is 0 Å².